The van der Waals surface area contributed by atoms with Crippen LogP contribution in [0.1, 0.15) is 0 Å². The predicted octanol–water partition coefficient (Wildman–Crippen LogP) is 0.964. The van der Waals surface area contributed by atoms with Crippen molar-refractivity contribution in [1.29, 1.82) is 0 Å². The summed E-state index contributed by atoms with van der Waals surface area (Å²) in [5.74, 6) is 0. The Morgan fingerprint density at radius 3 is 1.45 bits per heavy atom. The first-order valence-electron chi connectivity index (χ1n) is 10.2. The molecule has 0 amide bonds. The molecule has 3 aromatic carbocycles. The van der Waals surface area contributed by atoms with Crippen molar-refractivity contribution >= 4 is 23.0 Å². The third-order valence-corrected chi connectivity index (χ3v) is 9.25. The van der Waals surface area contributed by atoms with Gasteiger partial charge in [0.1, 0.15) is 24.4 Å². The fraction of sp³-hybridized carbons (Fsp3) is 0.250. The van der Waals surface area contributed by atoms with E-state index in [1.807, 2.05) is 91.0 Å². The van der Waals surface area contributed by atoms with Crippen LogP contribution in [0.3, 0.4) is 0 Å². The first kappa shape index (κ1) is 21.9. The van der Waals surface area contributed by atoms with E-state index in [4.69, 9.17) is 9.48 Å². The molecule has 4 N–H and O–H groups in total. The van der Waals surface area contributed by atoms with Crippen molar-refractivity contribution in [2.24, 2.45) is 4.74 Å². The minimum Gasteiger partial charge on any atom is -0.394 e. The molecule has 31 heavy (non-hydrogen) atoms. The summed E-state index contributed by atoms with van der Waals surface area (Å²) in [5.41, 5.74) is 0. The second-order valence-corrected chi connectivity index (χ2v) is 10.5. The van der Waals surface area contributed by atoms with Gasteiger partial charge in [0.2, 0.25) is 0 Å². The summed E-state index contributed by atoms with van der Waals surface area (Å²) in [6, 6.07) is 29.5. The van der Waals surface area contributed by atoms with E-state index < -0.39 is 44.3 Å². The molecule has 1 fully saturated rings. The summed E-state index contributed by atoms with van der Waals surface area (Å²) in [7, 11) is -2.68. The Morgan fingerprint density at radius 1 is 0.645 bits per heavy atom. The van der Waals surface area contributed by atoms with Crippen molar-refractivity contribution in [3.8, 4) is 0 Å². The Labute approximate surface area is 181 Å². The maximum absolute atomic E-state index is 10.7. The molecule has 162 valence electrons. The predicted molar refractivity (Wildman–Crippen MR) is 121 cm³/mol. The van der Waals surface area contributed by atoms with Gasteiger partial charge in [-0.15, -0.1) is 0 Å². The van der Waals surface area contributed by atoms with Crippen LogP contribution in [0, 0.1) is 0 Å². The Hall–Kier alpha value is -2.31. The molecule has 0 aliphatic carbocycles. The van der Waals surface area contributed by atoms with Crippen LogP contribution in [0.15, 0.2) is 95.7 Å². The van der Waals surface area contributed by atoms with E-state index in [-0.39, 0.29) is 0 Å². The van der Waals surface area contributed by atoms with Crippen molar-refractivity contribution in [3.05, 3.63) is 91.0 Å². The summed E-state index contributed by atoms with van der Waals surface area (Å²) in [6.45, 7) is -0.496. The number of rotatable bonds is 5. The lowest BCUT2D eigenvalue weighted by Gasteiger charge is -2.40. The highest BCUT2D eigenvalue weighted by atomic mass is 31.2. The standard InChI is InChI=1S/C24H26NO5P/c26-16-20-21(27)22(28)23(29)24(30-20)25-31(17-10-4-1-5-11-17,18-12-6-2-7-13-18)19-14-8-3-9-15-19/h1-15,20-24,26-29H,16H2/t20-,21-,22-,23-,24-/m1/s1. The maximum atomic E-state index is 10.7. The zero-order chi connectivity index (χ0) is 21.8. The molecule has 0 aromatic heterocycles. The number of aliphatic hydroxyl groups is 4. The highest BCUT2D eigenvalue weighted by molar-refractivity contribution is 7.87. The highest BCUT2D eigenvalue weighted by Crippen LogP contribution is 2.48. The molecule has 4 rings (SSSR count). The summed E-state index contributed by atoms with van der Waals surface area (Å²) in [4.78, 5) is 0. The van der Waals surface area contributed by atoms with E-state index in [0.717, 1.165) is 15.9 Å². The molecule has 0 saturated carbocycles. The average Bonchev–Trinajstić information content (AvgIpc) is 2.84. The Bertz CT molecular complexity index is 926. The van der Waals surface area contributed by atoms with Gasteiger partial charge in [0, 0.05) is 15.9 Å². The smallest absolute Gasteiger partial charge is 0.176 e. The van der Waals surface area contributed by atoms with Gasteiger partial charge in [0.15, 0.2) is 6.23 Å². The van der Waals surface area contributed by atoms with Crippen LogP contribution < -0.4 is 15.9 Å². The van der Waals surface area contributed by atoms with Crippen LogP contribution in [-0.2, 0) is 4.74 Å². The molecular formula is C24H26NO5P. The lowest BCUT2D eigenvalue weighted by molar-refractivity contribution is -0.226. The van der Waals surface area contributed by atoms with Crippen LogP contribution in [0.4, 0.5) is 0 Å². The SMILES string of the molecule is OC[C@H]1O[C@@H](N=P(c2ccccc2)(c2ccccc2)c2ccccc2)[C@H](O)[C@H](O)[C@@H]1O. The number of hydrogen-bond acceptors (Lipinski definition) is 6. The summed E-state index contributed by atoms with van der Waals surface area (Å²) in [5, 5.41) is 43.8. The first-order valence-corrected chi connectivity index (χ1v) is 11.9. The molecule has 5 atom stereocenters. The van der Waals surface area contributed by atoms with Crippen molar-refractivity contribution in [2.75, 3.05) is 6.61 Å². The second kappa shape index (κ2) is 9.45. The Kier molecular flexibility index (Phi) is 6.68. The van der Waals surface area contributed by atoms with Gasteiger partial charge < -0.3 is 25.2 Å². The fourth-order valence-corrected chi connectivity index (χ4v) is 7.56. The Balaban J connectivity index is 2.01. The number of benzene rings is 3. The molecule has 1 aliphatic heterocycles. The van der Waals surface area contributed by atoms with Crippen LogP contribution in [-0.4, -0.2) is 57.7 Å². The summed E-state index contributed by atoms with van der Waals surface area (Å²) < 4.78 is 10.9. The van der Waals surface area contributed by atoms with Gasteiger partial charge in [0.05, 0.1) is 13.7 Å². The van der Waals surface area contributed by atoms with Crippen molar-refractivity contribution < 1.29 is 25.2 Å². The van der Waals surface area contributed by atoms with Crippen LogP contribution in [0.2, 0.25) is 0 Å². The molecule has 0 unspecified atom stereocenters. The van der Waals surface area contributed by atoms with Gasteiger partial charge in [0.25, 0.3) is 0 Å². The number of aliphatic hydroxyl groups excluding tert-OH is 4. The van der Waals surface area contributed by atoms with E-state index in [9.17, 15) is 20.4 Å². The van der Waals surface area contributed by atoms with E-state index in [0.29, 0.717) is 0 Å². The van der Waals surface area contributed by atoms with Gasteiger partial charge in [-0.05, 0) is 0 Å². The van der Waals surface area contributed by atoms with E-state index in [1.165, 1.54) is 0 Å². The molecule has 1 aliphatic rings. The maximum Gasteiger partial charge on any atom is 0.176 e. The normalized spacial score (nSPS) is 26.4. The third kappa shape index (κ3) is 4.11. The molecule has 1 saturated heterocycles. The van der Waals surface area contributed by atoms with E-state index >= 15 is 0 Å². The number of hydrogen-bond donors (Lipinski definition) is 4. The monoisotopic (exact) mass is 439 g/mol. The fourth-order valence-electron chi connectivity index (χ4n) is 3.93. The minimum atomic E-state index is -2.68. The molecule has 0 radical (unpaired) electrons. The van der Waals surface area contributed by atoms with Crippen molar-refractivity contribution in [2.45, 2.75) is 30.6 Å². The van der Waals surface area contributed by atoms with Gasteiger partial charge >= 0.3 is 0 Å². The van der Waals surface area contributed by atoms with Gasteiger partial charge in [-0.1, -0.05) is 91.0 Å². The van der Waals surface area contributed by atoms with Gasteiger partial charge in [-0.3, -0.25) is 4.74 Å². The second-order valence-electron chi connectivity index (χ2n) is 7.48. The Morgan fingerprint density at radius 2 is 1.06 bits per heavy atom. The van der Waals surface area contributed by atoms with Crippen LogP contribution in [0.25, 0.3) is 0 Å². The van der Waals surface area contributed by atoms with Crippen molar-refractivity contribution in [1.82, 2.24) is 0 Å². The first-order chi connectivity index (χ1) is 15.1. The molecule has 1 heterocycles. The average molecular weight is 439 g/mol. The van der Waals surface area contributed by atoms with Crippen LogP contribution in [0.5, 0.6) is 0 Å². The zero-order valence-electron chi connectivity index (χ0n) is 16.8. The summed E-state index contributed by atoms with van der Waals surface area (Å²) in [6.07, 6.45) is -6.50. The third-order valence-electron chi connectivity index (χ3n) is 5.54. The molecule has 0 bridgehead atoms. The van der Waals surface area contributed by atoms with Gasteiger partial charge in [-0.2, -0.15) is 0 Å². The minimum absolute atomic E-state index is 0.496. The summed E-state index contributed by atoms with van der Waals surface area (Å²) >= 11 is 0. The van der Waals surface area contributed by atoms with Crippen LogP contribution >= 0.6 is 7.05 Å². The van der Waals surface area contributed by atoms with E-state index in [1.54, 1.807) is 0 Å². The topological polar surface area (TPSA) is 103 Å². The van der Waals surface area contributed by atoms with Gasteiger partial charge in [-0.25, -0.2) is 0 Å². The number of ether oxygens (including phenoxy) is 1. The largest absolute Gasteiger partial charge is 0.394 e. The molecule has 7 heteroatoms. The lowest BCUT2D eigenvalue weighted by Crippen LogP contribution is -2.58. The lowest BCUT2D eigenvalue weighted by atomic mass is 9.99. The zero-order valence-corrected chi connectivity index (χ0v) is 17.7. The molecular weight excluding hydrogens is 413 g/mol. The highest BCUT2D eigenvalue weighted by Gasteiger charge is 2.44. The molecule has 3 aromatic rings. The number of nitrogens with zero attached hydrogens (tertiary/aromatic N) is 1. The quantitative estimate of drug-likeness (QED) is 0.444. The van der Waals surface area contributed by atoms with Crippen molar-refractivity contribution in [3.63, 3.8) is 0 Å². The molecule has 6 nitrogen and oxygen atoms in total. The van der Waals surface area contributed by atoms with E-state index in [2.05, 4.69) is 0 Å². The molecule has 0 spiro atoms.